The molecular formula is C19H22N4O6S. The number of nitrogens with zero attached hydrogens (tertiary/aromatic N) is 3. The van der Waals surface area contributed by atoms with Crippen LogP contribution in [0.5, 0.6) is 5.75 Å². The number of benzene rings is 2. The first-order valence-corrected chi connectivity index (χ1v) is 10.7. The molecule has 0 aromatic heterocycles. The van der Waals surface area contributed by atoms with Gasteiger partial charge < -0.3 is 15.0 Å². The molecule has 0 saturated carbocycles. The molecule has 0 atom stereocenters. The van der Waals surface area contributed by atoms with Gasteiger partial charge in [0.25, 0.3) is 11.6 Å². The molecule has 1 aliphatic heterocycles. The molecule has 1 N–H and O–H groups in total. The number of nitrogens with one attached hydrogen (secondary N) is 1. The highest BCUT2D eigenvalue weighted by molar-refractivity contribution is 7.89. The van der Waals surface area contributed by atoms with Crippen molar-refractivity contribution in [2.75, 3.05) is 45.2 Å². The third-order valence-corrected chi connectivity index (χ3v) is 6.57. The van der Waals surface area contributed by atoms with E-state index in [1.807, 2.05) is 7.05 Å². The third-order valence-electron chi connectivity index (χ3n) is 4.66. The number of nitro benzene ring substituents is 1. The predicted molar refractivity (Wildman–Crippen MR) is 110 cm³/mol. The molecule has 0 radical (unpaired) electrons. The van der Waals surface area contributed by atoms with E-state index in [2.05, 4.69) is 10.2 Å². The molecule has 1 amide bonds. The number of carbonyl (C=O) groups excluding carboxylic acids is 1. The number of ether oxygens (including phenoxy) is 1. The zero-order chi connectivity index (χ0) is 21.7. The average molecular weight is 434 g/mol. The van der Waals surface area contributed by atoms with E-state index in [0.717, 1.165) is 0 Å². The van der Waals surface area contributed by atoms with Crippen LogP contribution in [0.25, 0.3) is 0 Å². The number of sulfonamides is 1. The molecule has 10 nitrogen and oxygen atoms in total. The van der Waals surface area contributed by atoms with Gasteiger partial charge in [0, 0.05) is 44.0 Å². The molecule has 0 bridgehead atoms. The largest absolute Gasteiger partial charge is 0.484 e. The first kappa shape index (κ1) is 21.7. The lowest BCUT2D eigenvalue weighted by Crippen LogP contribution is -2.46. The highest BCUT2D eigenvalue weighted by atomic mass is 32.2. The Balaban J connectivity index is 1.54. The molecule has 1 heterocycles. The molecule has 30 heavy (non-hydrogen) atoms. The van der Waals surface area contributed by atoms with E-state index in [0.29, 0.717) is 37.6 Å². The summed E-state index contributed by atoms with van der Waals surface area (Å²) in [5.41, 5.74) is 0.364. The summed E-state index contributed by atoms with van der Waals surface area (Å²) in [6.07, 6.45) is 0. The molecule has 1 saturated heterocycles. The Hall–Kier alpha value is -3.02. The van der Waals surface area contributed by atoms with Gasteiger partial charge in [-0.15, -0.1) is 0 Å². The minimum absolute atomic E-state index is 0.0709. The van der Waals surface area contributed by atoms with Gasteiger partial charge in [0.05, 0.1) is 9.82 Å². The van der Waals surface area contributed by atoms with Gasteiger partial charge in [-0.05, 0) is 43.4 Å². The van der Waals surface area contributed by atoms with Crippen LogP contribution in [0, 0.1) is 10.1 Å². The standard InChI is InChI=1S/C19H22N4O6S/c1-21-10-12-22(13-11-21)30(27,28)18-8-2-15(3-9-18)20-19(24)14-29-17-6-4-16(5-7-17)23(25)26/h2-9H,10-14H2,1H3,(H,20,24). The summed E-state index contributed by atoms with van der Waals surface area (Å²) in [4.78, 5) is 24.4. The fourth-order valence-electron chi connectivity index (χ4n) is 2.90. The topological polar surface area (TPSA) is 122 Å². The summed E-state index contributed by atoms with van der Waals surface area (Å²) in [5, 5.41) is 13.2. The fraction of sp³-hybridized carbons (Fsp3) is 0.316. The number of anilines is 1. The fourth-order valence-corrected chi connectivity index (χ4v) is 4.32. The SMILES string of the molecule is CN1CCN(S(=O)(=O)c2ccc(NC(=O)COc3ccc([N+](=O)[O-])cc3)cc2)CC1. The Kier molecular flexibility index (Phi) is 6.65. The van der Waals surface area contributed by atoms with Crippen molar-refractivity contribution in [2.45, 2.75) is 4.90 Å². The summed E-state index contributed by atoms with van der Waals surface area (Å²) in [5.74, 6) is -0.118. The number of carbonyl (C=O) groups is 1. The quantitative estimate of drug-likeness (QED) is 0.518. The van der Waals surface area contributed by atoms with Crippen LogP contribution in [0.15, 0.2) is 53.4 Å². The van der Waals surface area contributed by atoms with E-state index in [9.17, 15) is 23.3 Å². The second-order valence-corrected chi connectivity index (χ2v) is 8.76. The predicted octanol–water partition coefficient (Wildman–Crippen LogP) is 1.55. The maximum absolute atomic E-state index is 12.7. The summed E-state index contributed by atoms with van der Waals surface area (Å²) in [6.45, 7) is 1.96. The molecule has 11 heteroatoms. The number of amides is 1. The summed E-state index contributed by atoms with van der Waals surface area (Å²) in [7, 11) is -1.61. The third kappa shape index (κ3) is 5.32. The number of hydrogen-bond acceptors (Lipinski definition) is 7. The first-order chi connectivity index (χ1) is 14.3. The number of likely N-dealkylation sites (N-methyl/N-ethyl adjacent to an activating group) is 1. The highest BCUT2D eigenvalue weighted by Crippen LogP contribution is 2.20. The summed E-state index contributed by atoms with van der Waals surface area (Å²) >= 11 is 0. The number of rotatable bonds is 7. The molecule has 1 fully saturated rings. The monoisotopic (exact) mass is 434 g/mol. The van der Waals surface area contributed by atoms with Gasteiger partial charge in [-0.25, -0.2) is 8.42 Å². The van der Waals surface area contributed by atoms with Crippen LogP contribution in [0.1, 0.15) is 0 Å². The Morgan fingerprint density at radius 2 is 1.67 bits per heavy atom. The zero-order valence-electron chi connectivity index (χ0n) is 16.4. The lowest BCUT2D eigenvalue weighted by atomic mass is 10.3. The minimum atomic E-state index is -3.57. The van der Waals surface area contributed by atoms with E-state index in [4.69, 9.17) is 4.74 Å². The Labute approximate surface area is 174 Å². The van der Waals surface area contributed by atoms with Crippen LogP contribution in [0.2, 0.25) is 0 Å². The Morgan fingerprint density at radius 1 is 1.07 bits per heavy atom. The lowest BCUT2D eigenvalue weighted by Gasteiger charge is -2.31. The smallest absolute Gasteiger partial charge is 0.269 e. The van der Waals surface area contributed by atoms with Gasteiger partial charge in [0.15, 0.2) is 6.61 Å². The normalized spacial score (nSPS) is 15.5. The molecule has 0 aliphatic carbocycles. The van der Waals surface area contributed by atoms with Crippen LogP contribution in [-0.4, -0.2) is 68.3 Å². The molecule has 2 aromatic carbocycles. The van der Waals surface area contributed by atoms with Gasteiger partial charge in [0.2, 0.25) is 10.0 Å². The van der Waals surface area contributed by atoms with E-state index in [1.54, 1.807) is 0 Å². The molecule has 2 aromatic rings. The van der Waals surface area contributed by atoms with Gasteiger partial charge in [-0.2, -0.15) is 4.31 Å². The number of piperazine rings is 1. The van der Waals surface area contributed by atoms with E-state index >= 15 is 0 Å². The zero-order valence-corrected chi connectivity index (χ0v) is 17.2. The Morgan fingerprint density at radius 3 is 2.23 bits per heavy atom. The number of nitro groups is 1. The van der Waals surface area contributed by atoms with Crippen molar-refractivity contribution in [3.05, 3.63) is 58.6 Å². The van der Waals surface area contributed by atoms with Crippen LogP contribution in [0.3, 0.4) is 0 Å². The van der Waals surface area contributed by atoms with Crippen molar-refractivity contribution in [2.24, 2.45) is 0 Å². The maximum Gasteiger partial charge on any atom is 0.269 e. The van der Waals surface area contributed by atoms with E-state index in [-0.39, 0.29) is 17.2 Å². The van der Waals surface area contributed by atoms with Crippen LogP contribution in [-0.2, 0) is 14.8 Å². The van der Waals surface area contributed by atoms with Gasteiger partial charge in [-0.1, -0.05) is 0 Å². The average Bonchev–Trinajstić information content (AvgIpc) is 2.73. The second kappa shape index (κ2) is 9.20. The second-order valence-electron chi connectivity index (χ2n) is 6.82. The number of hydrogen-bond donors (Lipinski definition) is 1. The van der Waals surface area contributed by atoms with Crippen molar-refractivity contribution in [1.29, 1.82) is 0 Å². The molecular weight excluding hydrogens is 412 g/mol. The van der Waals surface area contributed by atoms with Gasteiger partial charge >= 0.3 is 0 Å². The molecule has 0 unspecified atom stereocenters. The molecule has 160 valence electrons. The van der Waals surface area contributed by atoms with Crippen LogP contribution in [0.4, 0.5) is 11.4 Å². The van der Waals surface area contributed by atoms with Crippen molar-refractivity contribution in [3.63, 3.8) is 0 Å². The highest BCUT2D eigenvalue weighted by Gasteiger charge is 2.27. The number of non-ortho nitro benzene ring substituents is 1. The van der Waals surface area contributed by atoms with Gasteiger partial charge in [0.1, 0.15) is 5.75 Å². The van der Waals surface area contributed by atoms with Crippen LogP contribution >= 0.6 is 0 Å². The van der Waals surface area contributed by atoms with Gasteiger partial charge in [-0.3, -0.25) is 14.9 Å². The van der Waals surface area contributed by atoms with Crippen molar-refractivity contribution in [1.82, 2.24) is 9.21 Å². The minimum Gasteiger partial charge on any atom is -0.484 e. The van der Waals surface area contributed by atoms with Crippen molar-refractivity contribution in [3.8, 4) is 5.75 Å². The van der Waals surface area contributed by atoms with Crippen LogP contribution < -0.4 is 10.1 Å². The first-order valence-electron chi connectivity index (χ1n) is 9.21. The van der Waals surface area contributed by atoms with Crippen molar-refractivity contribution >= 4 is 27.3 Å². The lowest BCUT2D eigenvalue weighted by molar-refractivity contribution is -0.384. The van der Waals surface area contributed by atoms with E-state index in [1.165, 1.54) is 52.8 Å². The molecule has 0 spiro atoms. The summed E-state index contributed by atoms with van der Waals surface area (Å²) in [6, 6.07) is 11.3. The summed E-state index contributed by atoms with van der Waals surface area (Å²) < 4.78 is 32.2. The molecule has 3 rings (SSSR count). The van der Waals surface area contributed by atoms with Crippen molar-refractivity contribution < 1.29 is 22.9 Å². The maximum atomic E-state index is 12.7. The van der Waals surface area contributed by atoms with E-state index < -0.39 is 20.9 Å². The Bertz CT molecular complexity index is 1000. The molecule has 1 aliphatic rings.